The Morgan fingerprint density at radius 2 is 2.21 bits per heavy atom. The predicted octanol–water partition coefficient (Wildman–Crippen LogP) is 0.776. The Labute approximate surface area is 112 Å². The number of nitrogens with two attached hydrogens (primary N) is 1. The van der Waals surface area contributed by atoms with Crippen molar-refractivity contribution in [1.82, 2.24) is 5.32 Å². The molecule has 2 aliphatic rings. The molecule has 0 radical (unpaired) electrons. The van der Waals surface area contributed by atoms with Gasteiger partial charge in [0.05, 0.1) is 18.2 Å². The molecule has 5 heteroatoms. The SMILES string of the molecule is NC(=O)[C@@H]1C[C@@H](OC2CCNc3ccccc32)CN1. The van der Waals surface area contributed by atoms with Crippen LogP contribution >= 0.6 is 0 Å². The number of carbonyl (C=O) groups is 1. The van der Waals surface area contributed by atoms with E-state index in [1.54, 1.807) is 0 Å². The molecule has 3 rings (SSSR count). The Kier molecular flexibility index (Phi) is 3.40. The molecule has 19 heavy (non-hydrogen) atoms. The molecule has 1 aromatic rings. The van der Waals surface area contributed by atoms with Gasteiger partial charge in [-0.15, -0.1) is 0 Å². The summed E-state index contributed by atoms with van der Waals surface area (Å²) in [6.07, 6.45) is 1.79. The van der Waals surface area contributed by atoms with E-state index in [-0.39, 0.29) is 24.2 Å². The molecular formula is C14H19N3O2. The number of anilines is 1. The second-order valence-corrected chi connectivity index (χ2v) is 5.15. The van der Waals surface area contributed by atoms with Crippen molar-refractivity contribution < 1.29 is 9.53 Å². The predicted molar refractivity (Wildman–Crippen MR) is 72.8 cm³/mol. The van der Waals surface area contributed by atoms with Gasteiger partial charge < -0.3 is 21.1 Å². The zero-order chi connectivity index (χ0) is 13.2. The van der Waals surface area contributed by atoms with Crippen LogP contribution in [0.15, 0.2) is 24.3 Å². The van der Waals surface area contributed by atoms with Crippen LogP contribution in [-0.4, -0.2) is 31.1 Å². The van der Waals surface area contributed by atoms with Gasteiger partial charge in [-0.3, -0.25) is 4.79 Å². The second-order valence-electron chi connectivity index (χ2n) is 5.15. The molecule has 1 saturated heterocycles. The van der Waals surface area contributed by atoms with Gasteiger partial charge in [0, 0.05) is 24.3 Å². The van der Waals surface area contributed by atoms with Crippen LogP contribution in [0.5, 0.6) is 0 Å². The van der Waals surface area contributed by atoms with E-state index in [2.05, 4.69) is 22.8 Å². The topological polar surface area (TPSA) is 76.4 Å². The Hall–Kier alpha value is -1.59. The number of hydrogen-bond donors (Lipinski definition) is 3. The minimum Gasteiger partial charge on any atom is -0.385 e. The van der Waals surface area contributed by atoms with Crippen molar-refractivity contribution in [3.63, 3.8) is 0 Å². The maximum Gasteiger partial charge on any atom is 0.234 e. The van der Waals surface area contributed by atoms with E-state index >= 15 is 0 Å². The molecule has 3 atom stereocenters. The molecule has 5 nitrogen and oxygen atoms in total. The smallest absolute Gasteiger partial charge is 0.234 e. The highest BCUT2D eigenvalue weighted by Gasteiger charge is 2.31. The summed E-state index contributed by atoms with van der Waals surface area (Å²) in [5.41, 5.74) is 7.66. The van der Waals surface area contributed by atoms with E-state index < -0.39 is 0 Å². The lowest BCUT2D eigenvalue weighted by molar-refractivity contribution is -0.120. The van der Waals surface area contributed by atoms with E-state index in [4.69, 9.17) is 10.5 Å². The first-order chi connectivity index (χ1) is 9.24. The summed E-state index contributed by atoms with van der Waals surface area (Å²) in [6, 6.07) is 7.97. The maximum atomic E-state index is 11.1. The third-order valence-electron chi connectivity index (χ3n) is 3.82. The van der Waals surface area contributed by atoms with Crippen molar-refractivity contribution in [3.8, 4) is 0 Å². The van der Waals surface area contributed by atoms with Gasteiger partial charge in [0.1, 0.15) is 0 Å². The highest BCUT2D eigenvalue weighted by molar-refractivity contribution is 5.80. The van der Waals surface area contributed by atoms with Gasteiger partial charge >= 0.3 is 0 Å². The quantitative estimate of drug-likeness (QED) is 0.751. The maximum absolute atomic E-state index is 11.1. The monoisotopic (exact) mass is 261 g/mol. The lowest BCUT2D eigenvalue weighted by atomic mass is 10.00. The summed E-state index contributed by atoms with van der Waals surface area (Å²) in [5.74, 6) is -0.295. The molecule has 0 aromatic heterocycles. The van der Waals surface area contributed by atoms with E-state index in [1.165, 1.54) is 5.56 Å². The number of nitrogens with one attached hydrogen (secondary N) is 2. The Morgan fingerprint density at radius 1 is 1.37 bits per heavy atom. The number of benzene rings is 1. The molecule has 1 aromatic carbocycles. The number of fused-ring (bicyclic) bond motifs is 1. The van der Waals surface area contributed by atoms with Crippen LogP contribution in [0.3, 0.4) is 0 Å². The van der Waals surface area contributed by atoms with E-state index in [9.17, 15) is 4.79 Å². The number of rotatable bonds is 3. The summed E-state index contributed by atoms with van der Waals surface area (Å²) < 4.78 is 6.15. The van der Waals surface area contributed by atoms with Gasteiger partial charge in [0.25, 0.3) is 0 Å². The average Bonchev–Trinajstić information content (AvgIpc) is 2.88. The van der Waals surface area contributed by atoms with Gasteiger partial charge in [0.15, 0.2) is 0 Å². The number of amides is 1. The number of para-hydroxylation sites is 1. The lowest BCUT2D eigenvalue weighted by Crippen LogP contribution is -2.36. The number of ether oxygens (including phenoxy) is 1. The fraction of sp³-hybridized carbons (Fsp3) is 0.500. The van der Waals surface area contributed by atoms with Crippen LogP contribution in [0.2, 0.25) is 0 Å². The zero-order valence-corrected chi connectivity index (χ0v) is 10.8. The van der Waals surface area contributed by atoms with Crippen LogP contribution in [0.1, 0.15) is 24.5 Å². The Bertz CT molecular complexity index is 478. The minimum absolute atomic E-state index is 0.0636. The van der Waals surface area contributed by atoms with Gasteiger partial charge in [-0.2, -0.15) is 0 Å². The lowest BCUT2D eigenvalue weighted by Gasteiger charge is -2.29. The first-order valence-corrected chi connectivity index (χ1v) is 6.75. The average molecular weight is 261 g/mol. The van der Waals surface area contributed by atoms with Crippen molar-refractivity contribution in [3.05, 3.63) is 29.8 Å². The molecule has 4 N–H and O–H groups in total. The number of primary amides is 1. The van der Waals surface area contributed by atoms with Crippen molar-refractivity contribution in [2.75, 3.05) is 18.4 Å². The van der Waals surface area contributed by atoms with Crippen molar-refractivity contribution >= 4 is 11.6 Å². The van der Waals surface area contributed by atoms with Gasteiger partial charge in [0.2, 0.25) is 5.91 Å². The Morgan fingerprint density at radius 3 is 3.00 bits per heavy atom. The molecule has 2 heterocycles. The molecule has 1 fully saturated rings. The first-order valence-electron chi connectivity index (χ1n) is 6.75. The van der Waals surface area contributed by atoms with Crippen LogP contribution < -0.4 is 16.4 Å². The summed E-state index contributed by atoms with van der Waals surface area (Å²) in [7, 11) is 0. The molecule has 1 amide bonds. The van der Waals surface area contributed by atoms with Gasteiger partial charge in [-0.25, -0.2) is 0 Å². The summed E-state index contributed by atoms with van der Waals surface area (Å²) in [5, 5.41) is 6.48. The summed E-state index contributed by atoms with van der Waals surface area (Å²) in [4.78, 5) is 11.1. The fourth-order valence-corrected chi connectivity index (χ4v) is 2.83. The molecule has 0 spiro atoms. The highest BCUT2D eigenvalue weighted by atomic mass is 16.5. The summed E-state index contributed by atoms with van der Waals surface area (Å²) in [6.45, 7) is 1.61. The number of carbonyl (C=O) groups excluding carboxylic acids is 1. The largest absolute Gasteiger partial charge is 0.385 e. The van der Waals surface area contributed by atoms with Gasteiger partial charge in [-0.05, 0) is 18.9 Å². The molecule has 0 saturated carbocycles. The molecule has 102 valence electrons. The molecular weight excluding hydrogens is 242 g/mol. The molecule has 0 aliphatic carbocycles. The fourth-order valence-electron chi connectivity index (χ4n) is 2.83. The van der Waals surface area contributed by atoms with Crippen molar-refractivity contribution in [2.45, 2.75) is 31.1 Å². The molecule has 1 unspecified atom stereocenters. The van der Waals surface area contributed by atoms with Crippen LogP contribution in [0.25, 0.3) is 0 Å². The highest BCUT2D eigenvalue weighted by Crippen LogP contribution is 2.33. The third-order valence-corrected chi connectivity index (χ3v) is 3.82. The summed E-state index contributed by atoms with van der Waals surface area (Å²) >= 11 is 0. The van der Waals surface area contributed by atoms with E-state index in [1.807, 2.05) is 12.1 Å². The van der Waals surface area contributed by atoms with Crippen LogP contribution in [-0.2, 0) is 9.53 Å². The Balaban J connectivity index is 1.67. The zero-order valence-electron chi connectivity index (χ0n) is 10.8. The van der Waals surface area contributed by atoms with E-state index in [0.29, 0.717) is 13.0 Å². The standard InChI is InChI=1S/C14H19N3O2/c15-14(18)12-7-9(8-17-12)19-13-5-6-16-11-4-2-1-3-10(11)13/h1-4,9,12-13,16-17H,5-8H2,(H2,15,18)/t9-,12+,13?/m1/s1. The second kappa shape index (κ2) is 5.19. The first kappa shape index (κ1) is 12.4. The minimum atomic E-state index is -0.295. The van der Waals surface area contributed by atoms with Crippen LogP contribution in [0.4, 0.5) is 5.69 Å². The number of hydrogen-bond acceptors (Lipinski definition) is 4. The third kappa shape index (κ3) is 2.57. The van der Waals surface area contributed by atoms with Crippen molar-refractivity contribution in [2.24, 2.45) is 5.73 Å². The van der Waals surface area contributed by atoms with Crippen molar-refractivity contribution in [1.29, 1.82) is 0 Å². The molecule has 0 bridgehead atoms. The molecule has 2 aliphatic heterocycles. The normalized spacial score (nSPS) is 29.6. The van der Waals surface area contributed by atoms with E-state index in [0.717, 1.165) is 18.7 Å². The van der Waals surface area contributed by atoms with Crippen LogP contribution in [0, 0.1) is 0 Å². The van der Waals surface area contributed by atoms with Gasteiger partial charge in [-0.1, -0.05) is 18.2 Å².